The van der Waals surface area contributed by atoms with Gasteiger partial charge < -0.3 is 19.8 Å². The Morgan fingerprint density at radius 1 is 1.16 bits per heavy atom. The van der Waals surface area contributed by atoms with Gasteiger partial charge in [0.15, 0.2) is 0 Å². The van der Waals surface area contributed by atoms with E-state index >= 15 is 0 Å². The fourth-order valence-corrected chi connectivity index (χ4v) is 4.57. The SMILES string of the molecule is CN(C)C(=O)c1ccc2c(c1)CCCCCN(Cc1cccs1)CC[C@H](O)[C@H](O)CO2. The van der Waals surface area contributed by atoms with Crippen molar-refractivity contribution in [3.05, 3.63) is 51.7 Å². The number of nitrogens with zero attached hydrogens (tertiary/aromatic N) is 2. The highest BCUT2D eigenvalue weighted by Crippen LogP contribution is 2.24. The van der Waals surface area contributed by atoms with Gasteiger partial charge in [-0.3, -0.25) is 9.69 Å². The number of thiophene rings is 1. The van der Waals surface area contributed by atoms with Crippen LogP contribution in [0.5, 0.6) is 5.75 Å². The number of hydrogen-bond donors (Lipinski definition) is 2. The zero-order valence-electron chi connectivity index (χ0n) is 18.5. The van der Waals surface area contributed by atoms with Crippen molar-refractivity contribution in [1.82, 2.24) is 9.80 Å². The van der Waals surface area contributed by atoms with Crippen molar-refractivity contribution in [1.29, 1.82) is 0 Å². The lowest BCUT2D eigenvalue weighted by Crippen LogP contribution is -2.36. The maximum absolute atomic E-state index is 12.4. The third kappa shape index (κ3) is 7.04. The molecule has 0 saturated heterocycles. The third-order valence-electron chi connectivity index (χ3n) is 5.69. The number of aliphatic hydroxyl groups is 2. The molecule has 0 unspecified atom stereocenters. The normalized spacial score (nSPS) is 21.5. The molecule has 3 rings (SSSR count). The van der Waals surface area contributed by atoms with Gasteiger partial charge in [-0.25, -0.2) is 0 Å². The smallest absolute Gasteiger partial charge is 0.253 e. The molecule has 0 bridgehead atoms. The number of carbonyl (C=O) groups is 1. The van der Waals surface area contributed by atoms with Crippen molar-refractivity contribution >= 4 is 17.2 Å². The van der Waals surface area contributed by atoms with E-state index in [-0.39, 0.29) is 12.5 Å². The van der Waals surface area contributed by atoms with Crippen LogP contribution in [0.2, 0.25) is 0 Å². The van der Waals surface area contributed by atoms with Crippen molar-refractivity contribution in [3.63, 3.8) is 0 Å². The maximum Gasteiger partial charge on any atom is 0.253 e. The molecule has 0 fully saturated rings. The van der Waals surface area contributed by atoms with Gasteiger partial charge >= 0.3 is 0 Å². The van der Waals surface area contributed by atoms with Gasteiger partial charge in [0, 0.05) is 37.6 Å². The van der Waals surface area contributed by atoms with Crippen molar-refractivity contribution in [2.75, 3.05) is 33.8 Å². The summed E-state index contributed by atoms with van der Waals surface area (Å²) in [6, 6.07) is 9.66. The Morgan fingerprint density at radius 2 is 2.00 bits per heavy atom. The molecule has 7 heteroatoms. The summed E-state index contributed by atoms with van der Waals surface area (Å²) < 4.78 is 5.88. The minimum Gasteiger partial charge on any atom is -0.491 e. The van der Waals surface area contributed by atoms with Gasteiger partial charge in [-0.05, 0) is 67.4 Å². The predicted octanol–water partition coefficient (Wildman–Crippen LogP) is 3.17. The highest BCUT2D eigenvalue weighted by molar-refractivity contribution is 7.09. The highest BCUT2D eigenvalue weighted by atomic mass is 32.1. The minimum atomic E-state index is -0.956. The quantitative estimate of drug-likeness (QED) is 0.758. The van der Waals surface area contributed by atoms with Gasteiger partial charge in [-0.15, -0.1) is 11.3 Å². The van der Waals surface area contributed by atoms with E-state index in [9.17, 15) is 15.0 Å². The maximum atomic E-state index is 12.4. The Balaban J connectivity index is 1.71. The van der Waals surface area contributed by atoms with Crippen molar-refractivity contribution in [3.8, 4) is 5.75 Å². The summed E-state index contributed by atoms with van der Waals surface area (Å²) in [6.45, 7) is 2.60. The zero-order chi connectivity index (χ0) is 22.2. The second-order valence-electron chi connectivity index (χ2n) is 8.42. The number of rotatable bonds is 3. The van der Waals surface area contributed by atoms with E-state index in [2.05, 4.69) is 22.4 Å². The molecule has 0 aliphatic carbocycles. The molecule has 1 aromatic heterocycles. The number of benzene rings is 1. The summed E-state index contributed by atoms with van der Waals surface area (Å²) >= 11 is 1.75. The molecule has 2 heterocycles. The monoisotopic (exact) mass is 446 g/mol. The first kappa shape index (κ1) is 23.7. The molecule has 0 saturated carbocycles. The topological polar surface area (TPSA) is 73.2 Å². The number of fused-ring (bicyclic) bond motifs is 1. The van der Waals surface area contributed by atoms with Crippen LogP contribution in [0.4, 0.5) is 0 Å². The lowest BCUT2D eigenvalue weighted by Gasteiger charge is -2.26. The molecule has 31 heavy (non-hydrogen) atoms. The molecule has 1 amide bonds. The fourth-order valence-electron chi connectivity index (χ4n) is 3.82. The van der Waals surface area contributed by atoms with E-state index in [0.717, 1.165) is 50.9 Å². The minimum absolute atomic E-state index is 0.0278. The Kier molecular flexibility index (Phi) is 8.90. The Bertz CT molecular complexity index is 825. The van der Waals surface area contributed by atoms with Crippen LogP contribution in [-0.4, -0.2) is 71.9 Å². The van der Waals surface area contributed by atoms with Gasteiger partial charge in [0.25, 0.3) is 5.91 Å². The van der Waals surface area contributed by atoms with Gasteiger partial charge in [-0.2, -0.15) is 0 Å². The van der Waals surface area contributed by atoms with E-state index in [0.29, 0.717) is 17.7 Å². The molecular formula is C24H34N2O4S. The van der Waals surface area contributed by atoms with E-state index in [4.69, 9.17) is 4.74 Å². The fraction of sp³-hybridized carbons (Fsp3) is 0.542. The summed E-state index contributed by atoms with van der Waals surface area (Å²) in [5, 5.41) is 23.0. The van der Waals surface area contributed by atoms with Crippen LogP contribution in [0, 0.1) is 0 Å². The third-order valence-corrected chi connectivity index (χ3v) is 6.55. The van der Waals surface area contributed by atoms with Crippen molar-refractivity contribution < 1.29 is 19.7 Å². The van der Waals surface area contributed by atoms with E-state index < -0.39 is 12.2 Å². The summed E-state index contributed by atoms with van der Waals surface area (Å²) in [6.07, 6.45) is 2.67. The second kappa shape index (κ2) is 11.6. The molecule has 1 aliphatic rings. The molecule has 2 atom stereocenters. The molecule has 2 N–H and O–H groups in total. The van der Waals surface area contributed by atoms with E-state index in [1.54, 1.807) is 42.5 Å². The van der Waals surface area contributed by atoms with Crippen molar-refractivity contribution in [2.45, 2.75) is 50.9 Å². The summed E-state index contributed by atoms with van der Waals surface area (Å²) in [5.74, 6) is 0.639. The lowest BCUT2D eigenvalue weighted by atomic mass is 10.0. The zero-order valence-corrected chi connectivity index (χ0v) is 19.3. The molecule has 1 aliphatic heterocycles. The molecule has 0 radical (unpaired) electrons. The number of amides is 1. The first-order valence-corrected chi connectivity index (χ1v) is 11.9. The molecular weight excluding hydrogens is 412 g/mol. The molecule has 170 valence electrons. The number of hydrogen-bond acceptors (Lipinski definition) is 6. The molecule has 6 nitrogen and oxygen atoms in total. The van der Waals surface area contributed by atoms with Gasteiger partial charge in [0.1, 0.15) is 18.5 Å². The largest absolute Gasteiger partial charge is 0.491 e. The second-order valence-corrected chi connectivity index (χ2v) is 9.45. The van der Waals surface area contributed by atoms with Gasteiger partial charge in [-0.1, -0.05) is 12.5 Å². The van der Waals surface area contributed by atoms with Crippen LogP contribution in [-0.2, 0) is 13.0 Å². The van der Waals surface area contributed by atoms with Gasteiger partial charge in [0.2, 0.25) is 0 Å². The van der Waals surface area contributed by atoms with Crippen LogP contribution in [0.15, 0.2) is 35.7 Å². The number of ether oxygens (including phenoxy) is 1. The lowest BCUT2D eigenvalue weighted by molar-refractivity contribution is -0.0163. The van der Waals surface area contributed by atoms with Crippen LogP contribution < -0.4 is 4.74 Å². The molecule has 2 aromatic rings. The average Bonchev–Trinajstić information content (AvgIpc) is 3.27. The standard InChI is InChI=1S/C24H34N2O4S/c1-25(2)24(29)19-9-10-23-18(15-19)7-4-3-5-12-26(16-20-8-6-14-31-20)13-11-21(27)22(28)17-30-23/h6,8-10,14-15,21-22,27-28H,3-5,7,11-13,16-17H2,1-2H3/t21-,22+/m0/s1. The first-order chi connectivity index (χ1) is 14.9. The van der Waals surface area contributed by atoms with E-state index in [1.165, 1.54) is 4.88 Å². The predicted molar refractivity (Wildman–Crippen MR) is 124 cm³/mol. The van der Waals surface area contributed by atoms with Gasteiger partial charge in [0.05, 0.1) is 6.10 Å². The number of carbonyl (C=O) groups excluding carboxylic acids is 1. The Labute approximate surface area is 189 Å². The molecule has 1 aromatic carbocycles. The first-order valence-electron chi connectivity index (χ1n) is 11.0. The Morgan fingerprint density at radius 3 is 2.74 bits per heavy atom. The average molecular weight is 447 g/mol. The van der Waals surface area contributed by atoms with Crippen LogP contribution in [0.25, 0.3) is 0 Å². The number of aliphatic hydroxyl groups excluding tert-OH is 2. The summed E-state index contributed by atoms with van der Waals surface area (Å²) in [7, 11) is 3.48. The molecule has 0 spiro atoms. The van der Waals surface area contributed by atoms with E-state index in [1.807, 2.05) is 6.07 Å². The Hall–Kier alpha value is -1.93. The number of aryl methyl sites for hydroxylation is 1. The summed E-state index contributed by atoms with van der Waals surface area (Å²) in [4.78, 5) is 17.6. The van der Waals surface area contributed by atoms with Crippen LogP contribution >= 0.6 is 11.3 Å². The highest BCUT2D eigenvalue weighted by Gasteiger charge is 2.20. The van der Waals surface area contributed by atoms with Crippen LogP contribution in [0.3, 0.4) is 0 Å². The van der Waals surface area contributed by atoms with Crippen LogP contribution in [0.1, 0.15) is 46.5 Å². The van der Waals surface area contributed by atoms with Crippen molar-refractivity contribution in [2.24, 2.45) is 0 Å². The summed E-state index contributed by atoms with van der Waals surface area (Å²) in [5.41, 5.74) is 1.61.